The largest absolute Gasteiger partial charge is 0.417 e. The van der Waals surface area contributed by atoms with Gasteiger partial charge in [-0.2, -0.15) is 13.2 Å². The van der Waals surface area contributed by atoms with Gasteiger partial charge in [0.15, 0.2) is 0 Å². The molecule has 39 heavy (non-hydrogen) atoms. The van der Waals surface area contributed by atoms with Crippen LogP contribution in [-0.4, -0.2) is 50.5 Å². The second kappa shape index (κ2) is 13.4. The van der Waals surface area contributed by atoms with E-state index in [2.05, 4.69) is 5.32 Å². The van der Waals surface area contributed by atoms with E-state index in [4.69, 9.17) is 34.8 Å². The fourth-order valence-electron chi connectivity index (χ4n) is 3.67. The molecule has 0 saturated carbocycles. The molecule has 2 rings (SSSR count). The van der Waals surface area contributed by atoms with Gasteiger partial charge in [0.1, 0.15) is 12.6 Å². The van der Waals surface area contributed by atoms with Crippen LogP contribution < -0.4 is 9.62 Å². The van der Waals surface area contributed by atoms with Crippen LogP contribution in [-0.2, 0) is 32.3 Å². The second-order valence-electron chi connectivity index (χ2n) is 9.25. The highest BCUT2D eigenvalue weighted by atomic mass is 35.5. The van der Waals surface area contributed by atoms with E-state index in [0.29, 0.717) is 27.5 Å². The van der Waals surface area contributed by atoms with Crippen molar-refractivity contribution in [2.45, 2.75) is 46.0 Å². The minimum absolute atomic E-state index is 0.120. The molecular formula is C25H29Cl3F3N3O4S. The highest BCUT2D eigenvalue weighted by molar-refractivity contribution is 7.92. The molecule has 7 nitrogen and oxygen atoms in total. The van der Waals surface area contributed by atoms with Crippen LogP contribution in [0.2, 0.25) is 15.1 Å². The third-order valence-corrected chi connectivity index (χ3v) is 7.71. The van der Waals surface area contributed by atoms with Gasteiger partial charge in [0.25, 0.3) is 0 Å². The van der Waals surface area contributed by atoms with Crippen LogP contribution in [0.1, 0.15) is 38.3 Å². The number of alkyl halides is 3. The van der Waals surface area contributed by atoms with Crippen LogP contribution >= 0.6 is 34.8 Å². The number of carbonyl (C=O) groups excluding carboxylic acids is 2. The predicted octanol–water partition coefficient (Wildman–Crippen LogP) is 6.01. The van der Waals surface area contributed by atoms with Crippen LogP contribution in [0.4, 0.5) is 18.9 Å². The summed E-state index contributed by atoms with van der Waals surface area (Å²) in [5, 5.41) is 2.69. The summed E-state index contributed by atoms with van der Waals surface area (Å²) in [7, 11) is -4.25. The third-order valence-electron chi connectivity index (χ3n) is 5.65. The van der Waals surface area contributed by atoms with Gasteiger partial charge in [-0.15, -0.1) is 0 Å². The van der Waals surface area contributed by atoms with Gasteiger partial charge in [-0.25, -0.2) is 8.42 Å². The minimum atomic E-state index is -4.86. The molecule has 0 aliphatic heterocycles. The second-order valence-corrected chi connectivity index (χ2v) is 12.4. The highest BCUT2D eigenvalue weighted by Crippen LogP contribution is 2.37. The number of hydrogen-bond acceptors (Lipinski definition) is 4. The SMILES string of the molecule is CCC(C(=O)NCC(C)C)N(Cc1ccc(Cl)cc1Cl)C(=O)CN(c1ccc(Cl)c(C(F)(F)F)c1)S(C)(=O)=O. The Morgan fingerprint density at radius 2 is 1.67 bits per heavy atom. The maximum absolute atomic E-state index is 13.7. The Bertz CT molecular complexity index is 1310. The molecule has 0 aromatic heterocycles. The summed E-state index contributed by atoms with van der Waals surface area (Å²) in [6, 6.07) is 6.06. The van der Waals surface area contributed by atoms with Crippen molar-refractivity contribution in [3.63, 3.8) is 0 Å². The molecule has 216 valence electrons. The summed E-state index contributed by atoms with van der Waals surface area (Å²) in [4.78, 5) is 27.9. The first-order valence-corrected chi connectivity index (χ1v) is 14.8. The van der Waals surface area contributed by atoms with E-state index in [9.17, 15) is 31.2 Å². The molecule has 1 unspecified atom stereocenters. The Kier molecular flexibility index (Phi) is 11.4. The van der Waals surface area contributed by atoms with Crippen molar-refractivity contribution in [3.05, 3.63) is 62.6 Å². The number of carbonyl (C=O) groups is 2. The Labute approximate surface area is 241 Å². The molecule has 0 fully saturated rings. The van der Waals surface area contributed by atoms with Crippen molar-refractivity contribution in [2.24, 2.45) is 5.92 Å². The Morgan fingerprint density at radius 3 is 2.18 bits per heavy atom. The number of rotatable bonds is 11. The number of anilines is 1. The molecular weight excluding hydrogens is 602 g/mol. The lowest BCUT2D eigenvalue weighted by Gasteiger charge is -2.33. The van der Waals surface area contributed by atoms with Crippen molar-refractivity contribution in [1.29, 1.82) is 0 Å². The molecule has 14 heteroatoms. The van der Waals surface area contributed by atoms with E-state index in [-0.39, 0.29) is 23.9 Å². The smallest absolute Gasteiger partial charge is 0.354 e. The maximum Gasteiger partial charge on any atom is 0.417 e. The molecule has 0 spiro atoms. The van der Waals surface area contributed by atoms with Gasteiger partial charge in [-0.1, -0.05) is 61.6 Å². The normalized spacial score (nSPS) is 12.8. The molecule has 0 radical (unpaired) electrons. The van der Waals surface area contributed by atoms with Crippen molar-refractivity contribution in [1.82, 2.24) is 10.2 Å². The first kappa shape index (κ1) is 33.0. The Hall–Kier alpha value is -2.21. The maximum atomic E-state index is 13.7. The number of halogens is 6. The van der Waals surface area contributed by atoms with Gasteiger partial charge in [0.05, 0.1) is 22.5 Å². The standard InChI is InChI=1S/C25H29Cl3F3N3O4S/c1-5-22(24(36)32-12-15(2)3)33(13-16-6-7-17(26)10-21(16)28)23(35)14-34(39(4,37)38)18-8-9-20(27)19(11-18)25(29,30)31/h6-11,15,22H,5,12-14H2,1-4H3,(H,32,36). The first-order chi connectivity index (χ1) is 17.9. The minimum Gasteiger partial charge on any atom is -0.354 e. The van der Waals surface area contributed by atoms with E-state index >= 15 is 0 Å². The van der Waals surface area contributed by atoms with Crippen molar-refractivity contribution in [2.75, 3.05) is 23.7 Å². The Balaban J connectivity index is 2.54. The molecule has 2 aromatic carbocycles. The third kappa shape index (κ3) is 9.16. The summed E-state index contributed by atoms with van der Waals surface area (Å²) in [5.74, 6) is -1.18. The molecule has 0 aliphatic rings. The van der Waals surface area contributed by atoms with E-state index < -0.39 is 56.9 Å². The van der Waals surface area contributed by atoms with Gasteiger partial charge in [0, 0.05) is 23.1 Å². The molecule has 0 heterocycles. The van der Waals surface area contributed by atoms with E-state index in [1.165, 1.54) is 6.07 Å². The van der Waals surface area contributed by atoms with E-state index in [1.54, 1.807) is 19.1 Å². The molecule has 0 bridgehead atoms. The van der Waals surface area contributed by atoms with Gasteiger partial charge >= 0.3 is 6.18 Å². The number of amides is 2. The van der Waals surface area contributed by atoms with Gasteiger partial charge in [-0.3, -0.25) is 13.9 Å². The highest BCUT2D eigenvalue weighted by Gasteiger charge is 2.36. The molecule has 2 aromatic rings. The summed E-state index contributed by atoms with van der Waals surface area (Å²) < 4.78 is 66.3. The molecule has 0 aliphatic carbocycles. The van der Waals surface area contributed by atoms with Gasteiger partial charge in [0.2, 0.25) is 21.8 Å². The number of benzene rings is 2. The molecule has 1 atom stereocenters. The molecule has 2 amide bonds. The average Bonchev–Trinajstić information content (AvgIpc) is 2.81. The molecule has 1 N–H and O–H groups in total. The van der Waals surface area contributed by atoms with Gasteiger partial charge in [-0.05, 0) is 48.2 Å². The first-order valence-electron chi connectivity index (χ1n) is 11.8. The monoisotopic (exact) mass is 629 g/mol. The number of sulfonamides is 1. The van der Waals surface area contributed by atoms with Crippen LogP contribution in [0.5, 0.6) is 0 Å². The lowest BCUT2D eigenvalue weighted by molar-refractivity contribution is -0.140. The summed E-state index contributed by atoms with van der Waals surface area (Å²) in [5.41, 5.74) is -1.24. The van der Waals surface area contributed by atoms with Crippen LogP contribution in [0.15, 0.2) is 36.4 Å². The topological polar surface area (TPSA) is 86.8 Å². The average molecular weight is 631 g/mol. The van der Waals surface area contributed by atoms with E-state index in [1.807, 2.05) is 13.8 Å². The van der Waals surface area contributed by atoms with Gasteiger partial charge < -0.3 is 10.2 Å². The number of nitrogens with zero attached hydrogens (tertiary/aromatic N) is 2. The van der Waals surface area contributed by atoms with Crippen molar-refractivity contribution in [3.8, 4) is 0 Å². The quantitative estimate of drug-likeness (QED) is 0.330. The van der Waals surface area contributed by atoms with Crippen LogP contribution in [0.25, 0.3) is 0 Å². The predicted molar refractivity (Wildman–Crippen MR) is 148 cm³/mol. The summed E-state index contributed by atoms with van der Waals surface area (Å²) >= 11 is 18.0. The fourth-order valence-corrected chi connectivity index (χ4v) is 5.21. The lowest BCUT2D eigenvalue weighted by atomic mass is 10.1. The zero-order chi connectivity index (χ0) is 29.7. The summed E-state index contributed by atoms with van der Waals surface area (Å²) in [6.45, 7) is 4.73. The van der Waals surface area contributed by atoms with Crippen LogP contribution in [0.3, 0.4) is 0 Å². The Morgan fingerprint density at radius 1 is 1.03 bits per heavy atom. The number of nitrogens with one attached hydrogen (secondary N) is 1. The summed E-state index contributed by atoms with van der Waals surface area (Å²) in [6.07, 6.45) is -3.94. The van der Waals surface area contributed by atoms with Crippen molar-refractivity contribution < 1.29 is 31.2 Å². The molecule has 0 saturated heterocycles. The van der Waals surface area contributed by atoms with E-state index in [0.717, 1.165) is 23.3 Å². The van der Waals surface area contributed by atoms with Crippen molar-refractivity contribution >= 4 is 62.3 Å². The lowest BCUT2D eigenvalue weighted by Crippen LogP contribution is -2.52. The fraction of sp³-hybridized carbons (Fsp3) is 0.440. The van der Waals surface area contributed by atoms with Crippen LogP contribution in [0, 0.1) is 5.92 Å². The zero-order valence-electron chi connectivity index (χ0n) is 21.7. The zero-order valence-corrected chi connectivity index (χ0v) is 24.7. The number of hydrogen-bond donors (Lipinski definition) is 1.